The highest BCUT2D eigenvalue weighted by Crippen LogP contribution is 2.26. The Labute approximate surface area is 132 Å². The van der Waals surface area contributed by atoms with E-state index in [9.17, 15) is 0 Å². The molecule has 0 saturated carbocycles. The molecule has 2 rings (SSSR count). The van der Waals surface area contributed by atoms with E-state index in [1.807, 2.05) is 43.4 Å². The van der Waals surface area contributed by atoms with Gasteiger partial charge in [0.1, 0.15) is 0 Å². The van der Waals surface area contributed by atoms with E-state index in [1.54, 1.807) is 0 Å². The van der Waals surface area contributed by atoms with Crippen molar-refractivity contribution in [2.75, 3.05) is 7.05 Å². The predicted molar refractivity (Wildman–Crippen MR) is 86.1 cm³/mol. The van der Waals surface area contributed by atoms with E-state index in [1.165, 1.54) is 5.56 Å². The van der Waals surface area contributed by atoms with Crippen LogP contribution in [0.5, 0.6) is 0 Å². The van der Waals surface area contributed by atoms with Gasteiger partial charge in [-0.2, -0.15) is 0 Å². The topological polar surface area (TPSA) is 12.0 Å². The van der Waals surface area contributed by atoms with Crippen LogP contribution in [0.3, 0.4) is 0 Å². The van der Waals surface area contributed by atoms with Gasteiger partial charge in [-0.1, -0.05) is 51.3 Å². The maximum absolute atomic E-state index is 6.10. The smallest absolute Gasteiger partial charge is 0.0420 e. The summed E-state index contributed by atoms with van der Waals surface area (Å²) in [6, 6.07) is 14.1. The number of nitrogens with one attached hydrogen (secondary N) is 1. The lowest BCUT2D eigenvalue weighted by Crippen LogP contribution is -2.18. The van der Waals surface area contributed by atoms with E-state index in [0.717, 1.165) is 26.5 Å². The van der Waals surface area contributed by atoms with E-state index in [4.69, 9.17) is 23.2 Å². The standard InChI is InChI=1S/C15H14BrCl2N/c1-19-15(6-10-2-4-13(17)5-3-10)11-7-12(16)9-14(18)8-11/h2-5,7-9,15,19H,6H2,1H3. The van der Waals surface area contributed by atoms with E-state index < -0.39 is 0 Å². The van der Waals surface area contributed by atoms with Crippen LogP contribution in [0.4, 0.5) is 0 Å². The zero-order chi connectivity index (χ0) is 13.8. The third-order valence-corrected chi connectivity index (χ3v) is 3.92. The molecule has 0 saturated heterocycles. The molecule has 0 spiro atoms. The summed E-state index contributed by atoms with van der Waals surface area (Å²) < 4.78 is 0.992. The van der Waals surface area contributed by atoms with Crippen molar-refractivity contribution in [2.45, 2.75) is 12.5 Å². The van der Waals surface area contributed by atoms with Crippen LogP contribution in [0.15, 0.2) is 46.9 Å². The first kappa shape index (κ1) is 14.9. The summed E-state index contributed by atoms with van der Waals surface area (Å²) in [5.74, 6) is 0. The maximum atomic E-state index is 6.10. The average molecular weight is 359 g/mol. The van der Waals surface area contributed by atoms with E-state index in [2.05, 4.69) is 27.3 Å². The first-order chi connectivity index (χ1) is 9.08. The fourth-order valence-electron chi connectivity index (χ4n) is 2.02. The fraction of sp³-hybridized carbons (Fsp3) is 0.200. The first-order valence-electron chi connectivity index (χ1n) is 5.96. The van der Waals surface area contributed by atoms with Crippen LogP contribution < -0.4 is 5.32 Å². The van der Waals surface area contributed by atoms with Gasteiger partial charge in [0, 0.05) is 20.6 Å². The molecule has 4 heteroatoms. The lowest BCUT2D eigenvalue weighted by atomic mass is 9.99. The van der Waals surface area contributed by atoms with Crippen LogP contribution in [0.1, 0.15) is 17.2 Å². The molecule has 1 atom stereocenters. The Bertz CT molecular complexity index is 534. The summed E-state index contributed by atoms with van der Waals surface area (Å²) in [6.07, 6.45) is 0.889. The quantitative estimate of drug-likeness (QED) is 0.786. The van der Waals surface area contributed by atoms with Crippen LogP contribution >= 0.6 is 39.1 Å². The molecular weight excluding hydrogens is 345 g/mol. The molecule has 2 aromatic carbocycles. The Kier molecular flexibility index (Phi) is 5.28. The van der Waals surface area contributed by atoms with Gasteiger partial charge in [-0.05, 0) is 54.9 Å². The largest absolute Gasteiger partial charge is 0.313 e. The van der Waals surface area contributed by atoms with Crippen molar-refractivity contribution in [2.24, 2.45) is 0 Å². The molecule has 0 aromatic heterocycles. The summed E-state index contributed by atoms with van der Waals surface area (Å²) in [5.41, 5.74) is 2.40. The number of likely N-dealkylation sites (N-methyl/N-ethyl adjacent to an activating group) is 1. The van der Waals surface area contributed by atoms with E-state index in [-0.39, 0.29) is 6.04 Å². The molecular formula is C15H14BrCl2N. The zero-order valence-electron chi connectivity index (χ0n) is 10.5. The molecule has 0 amide bonds. The lowest BCUT2D eigenvalue weighted by Gasteiger charge is -2.17. The van der Waals surface area contributed by atoms with Crippen LogP contribution in [0.2, 0.25) is 10.0 Å². The Balaban J connectivity index is 2.22. The molecule has 0 bridgehead atoms. The van der Waals surface area contributed by atoms with Crippen molar-refractivity contribution < 1.29 is 0 Å². The third kappa shape index (κ3) is 4.22. The normalized spacial score (nSPS) is 12.4. The highest BCUT2D eigenvalue weighted by atomic mass is 79.9. The second-order valence-electron chi connectivity index (χ2n) is 4.37. The van der Waals surface area contributed by atoms with Gasteiger partial charge in [-0.25, -0.2) is 0 Å². The average Bonchev–Trinajstić information content (AvgIpc) is 2.37. The van der Waals surface area contributed by atoms with Gasteiger partial charge in [0.15, 0.2) is 0 Å². The van der Waals surface area contributed by atoms with Crippen molar-refractivity contribution in [3.05, 3.63) is 68.1 Å². The van der Waals surface area contributed by atoms with Gasteiger partial charge in [0.05, 0.1) is 0 Å². The lowest BCUT2D eigenvalue weighted by molar-refractivity contribution is 0.592. The minimum Gasteiger partial charge on any atom is -0.313 e. The number of halogens is 3. The molecule has 100 valence electrons. The van der Waals surface area contributed by atoms with Crippen molar-refractivity contribution in [1.29, 1.82) is 0 Å². The number of hydrogen-bond acceptors (Lipinski definition) is 1. The van der Waals surface area contributed by atoms with Crippen molar-refractivity contribution in [3.63, 3.8) is 0 Å². The molecule has 1 nitrogen and oxygen atoms in total. The molecule has 0 aliphatic rings. The van der Waals surface area contributed by atoms with Crippen LogP contribution in [0, 0.1) is 0 Å². The van der Waals surface area contributed by atoms with Gasteiger partial charge in [-0.3, -0.25) is 0 Å². The number of rotatable bonds is 4. The number of hydrogen-bond donors (Lipinski definition) is 1. The Hall–Kier alpha value is -0.540. The van der Waals surface area contributed by atoms with Crippen molar-refractivity contribution >= 4 is 39.1 Å². The highest BCUT2D eigenvalue weighted by Gasteiger charge is 2.11. The van der Waals surface area contributed by atoms with E-state index in [0.29, 0.717) is 0 Å². The van der Waals surface area contributed by atoms with Crippen LogP contribution in [0.25, 0.3) is 0 Å². The van der Waals surface area contributed by atoms with Crippen LogP contribution in [-0.2, 0) is 6.42 Å². The highest BCUT2D eigenvalue weighted by molar-refractivity contribution is 9.10. The molecule has 0 aliphatic heterocycles. The monoisotopic (exact) mass is 357 g/mol. The molecule has 0 radical (unpaired) electrons. The second kappa shape index (κ2) is 6.76. The molecule has 0 fully saturated rings. The first-order valence-corrected chi connectivity index (χ1v) is 7.51. The summed E-state index contributed by atoms with van der Waals surface area (Å²) in [7, 11) is 1.95. The summed E-state index contributed by atoms with van der Waals surface area (Å²) in [4.78, 5) is 0. The fourth-order valence-corrected chi connectivity index (χ4v) is 3.03. The Morgan fingerprint density at radius 2 is 1.74 bits per heavy atom. The summed E-state index contributed by atoms with van der Waals surface area (Å²) >= 11 is 15.5. The number of benzene rings is 2. The molecule has 0 aliphatic carbocycles. The molecule has 2 aromatic rings. The van der Waals surface area contributed by atoms with Gasteiger partial charge in [0.25, 0.3) is 0 Å². The third-order valence-electron chi connectivity index (χ3n) is 2.99. The Morgan fingerprint density at radius 1 is 1.05 bits per heavy atom. The van der Waals surface area contributed by atoms with Crippen molar-refractivity contribution in [3.8, 4) is 0 Å². The van der Waals surface area contributed by atoms with Crippen molar-refractivity contribution in [1.82, 2.24) is 5.32 Å². The molecule has 1 unspecified atom stereocenters. The van der Waals surface area contributed by atoms with Gasteiger partial charge in [0.2, 0.25) is 0 Å². The molecule has 0 heterocycles. The van der Waals surface area contributed by atoms with Gasteiger partial charge in [-0.15, -0.1) is 0 Å². The summed E-state index contributed by atoms with van der Waals surface area (Å²) in [5, 5.41) is 4.82. The minimum absolute atomic E-state index is 0.219. The van der Waals surface area contributed by atoms with E-state index >= 15 is 0 Å². The second-order valence-corrected chi connectivity index (χ2v) is 6.16. The molecule has 1 N–H and O–H groups in total. The van der Waals surface area contributed by atoms with Crippen LogP contribution in [-0.4, -0.2) is 7.05 Å². The van der Waals surface area contributed by atoms with Gasteiger partial charge < -0.3 is 5.32 Å². The van der Waals surface area contributed by atoms with Gasteiger partial charge >= 0.3 is 0 Å². The predicted octanol–water partition coefficient (Wildman–Crippen LogP) is 5.26. The Morgan fingerprint density at radius 3 is 2.32 bits per heavy atom. The SMILES string of the molecule is CNC(Cc1ccc(Cl)cc1)c1cc(Cl)cc(Br)c1. The summed E-state index contributed by atoms with van der Waals surface area (Å²) in [6.45, 7) is 0. The zero-order valence-corrected chi connectivity index (χ0v) is 13.6. The maximum Gasteiger partial charge on any atom is 0.0420 e. The molecule has 19 heavy (non-hydrogen) atoms. The minimum atomic E-state index is 0.219.